The zero-order valence-electron chi connectivity index (χ0n) is 9.61. The lowest BCUT2D eigenvalue weighted by Crippen LogP contribution is -2.32. The summed E-state index contributed by atoms with van der Waals surface area (Å²) < 4.78 is 0. The molecule has 7 nitrogen and oxygen atoms in total. The van der Waals surface area contributed by atoms with E-state index in [1.807, 2.05) is 0 Å². The summed E-state index contributed by atoms with van der Waals surface area (Å²) in [6.45, 7) is -0.278. The number of benzene rings is 1. The van der Waals surface area contributed by atoms with E-state index in [1.54, 1.807) is 12.1 Å². The maximum absolute atomic E-state index is 10.4. The Balaban J connectivity index is 0.000000494. The summed E-state index contributed by atoms with van der Waals surface area (Å²) in [5.41, 5.74) is 10.7. The van der Waals surface area contributed by atoms with Crippen molar-refractivity contribution in [2.45, 2.75) is 12.5 Å². The first-order valence-electron chi connectivity index (χ1n) is 5.05. The molecule has 1 atom stereocenters. The van der Waals surface area contributed by atoms with E-state index < -0.39 is 18.0 Å². The molecule has 0 aliphatic heterocycles. The zero-order valence-corrected chi connectivity index (χ0v) is 9.61. The first kappa shape index (κ1) is 15.9. The van der Waals surface area contributed by atoms with E-state index in [9.17, 15) is 9.59 Å². The summed E-state index contributed by atoms with van der Waals surface area (Å²) in [5, 5.41) is 25.1. The molecule has 1 aromatic rings. The Kier molecular flexibility index (Phi) is 7.10. The van der Waals surface area contributed by atoms with E-state index in [-0.39, 0.29) is 18.7 Å². The average molecular weight is 256 g/mol. The van der Waals surface area contributed by atoms with Crippen molar-refractivity contribution in [3.8, 4) is 5.75 Å². The molecule has 0 aliphatic carbocycles. The van der Waals surface area contributed by atoms with Crippen LogP contribution in [0.3, 0.4) is 0 Å². The minimum atomic E-state index is -1.02. The van der Waals surface area contributed by atoms with Crippen LogP contribution in [0.25, 0.3) is 0 Å². The first-order chi connectivity index (χ1) is 8.36. The molecule has 0 saturated carbocycles. The van der Waals surface area contributed by atoms with Gasteiger partial charge in [-0.2, -0.15) is 0 Å². The van der Waals surface area contributed by atoms with Gasteiger partial charge in [0.15, 0.2) is 0 Å². The highest BCUT2D eigenvalue weighted by Gasteiger charge is 2.11. The van der Waals surface area contributed by atoms with Gasteiger partial charge in [-0.25, -0.2) is 0 Å². The number of carbonyl (C=O) groups is 2. The Labute approximate surface area is 104 Å². The van der Waals surface area contributed by atoms with Gasteiger partial charge in [-0.05, 0) is 24.1 Å². The molecule has 0 aromatic heterocycles. The fourth-order valence-electron chi connectivity index (χ4n) is 0.973. The second-order valence-corrected chi connectivity index (χ2v) is 3.41. The van der Waals surface area contributed by atoms with Crippen molar-refractivity contribution in [3.05, 3.63) is 29.8 Å². The molecule has 7 N–H and O–H groups in total. The van der Waals surface area contributed by atoms with E-state index in [0.29, 0.717) is 0 Å². The number of nitrogens with two attached hydrogens (primary N) is 2. The SMILES string of the molecule is NC(Cc1ccc(O)cc1)C(=O)O.NCC(=O)O. The van der Waals surface area contributed by atoms with Gasteiger partial charge in [0.05, 0.1) is 6.54 Å². The predicted molar refractivity (Wildman–Crippen MR) is 64.1 cm³/mol. The molecule has 0 bridgehead atoms. The van der Waals surface area contributed by atoms with Crippen molar-refractivity contribution < 1.29 is 24.9 Å². The highest BCUT2D eigenvalue weighted by Crippen LogP contribution is 2.10. The summed E-state index contributed by atoms with van der Waals surface area (Å²) in [5.74, 6) is -1.83. The fraction of sp³-hybridized carbons (Fsp3) is 0.273. The van der Waals surface area contributed by atoms with Gasteiger partial charge in [0.2, 0.25) is 0 Å². The van der Waals surface area contributed by atoms with Gasteiger partial charge in [0.1, 0.15) is 11.8 Å². The molecular formula is C11H16N2O5. The van der Waals surface area contributed by atoms with Crippen LogP contribution in [0.5, 0.6) is 5.75 Å². The lowest BCUT2D eigenvalue weighted by atomic mass is 10.1. The number of carboxylic acid groups (broad SMARTS) is 2. The van der Waals surface area contributed by atoms with E-state index in [1.165, 1.54) is 12.1 Å². The highest BCUT2D eigenvalue weighted by atomic mass is 16.4. The summed E-state index contributed by atoms with van der Waals surface area (Å²) >= 11 is 0. The molecule has 0 fully saturated rings. The molecule has 18 heavy (non-hydrogen) atoms. The molecule has 1 unspecified atom stereocenters. The normalized spacial score (nSPS) is 11.0. The minimum Gasteiger partial charge on any atom is -0.508 e. The predicted octanol–water partition coefficient (Wildman–Crippen LogP) is -0.624. The molecule has 1 rings (SSSR count). The van der Waals surface area contributed by atoms with Crippen LogP contribution >= 0.6 is 0 Å². The lowest BCUT2D eigenvalue weighted by molar-refractivity contribution is -0.138. The van der Waals surface area contributed by atoms with Gasteiger partial charge in [-0.1, -0.05) is 12.1 Å². The number of phenols is 1. The van der Waals surface area contributed by atoms with Crippen molar-refractivity contribution >= 4 is 11.9 Å². The highest BCUT2D eigenvalue weighted by molar-refractivity contribution is 5.73. The molecule has 0 heterocycles. The van der Waals surface area contributed by atoms with Crippen LogP contribution < -0.4 is 11.5 Å². The summed E-state index contributed by atoms with van der Waals surface area (Å²) in [4.78, 5) is 19.6. The van der Waals surface area contributed by atoms with Crippen molar-refractivity contribution in [1.29, 1.82) is 0 Å². The number of rotatable bonds is 4. The van der Waals surface area contributed by atoms with Crippen LogP contribution in [0.4, 0.5) is 0 Å². The largest absolute Gasteiger partial charge is 0.508 e. The van der Waals surface area contributed by atoms with Crippen molar-refractivity contribution in [3.63, 3.8) is 0 Å². The molecule has 0 aliphatic rings. The van der Waals surface area contributed by atoms with E-state index >= 15 is 0 Å². The summed E-state index contributed by atoms with van der Waals surface area (Å²) in [7, 11) is 0. The molecular weight excluding hydrogens is 240 g/mol. The fourth-order valence-corrected chi connectivity index (χ4v) is 0.973. The summed E-state index contributed by atoms with van der Waals surface area (Å²) in [6, 6.07) is 5.42. The number of aliphatic carboxylic acids is 2. The Morgan fingerprint density at radius 2 is 1.61 bits per heavy atom. The standard InChI is InChI=1S/C9H11NO3.C2H5NO2/c10-8(9(12)13)5-6-1-3-7(11)4-2-6;3-1-2(4)5/h1-4,8,11H,5,10H2,(H,12,13);1,3H2,(H,4,5). The first-order valence-corrected chi connectivity index (χ1v) is 5.05. The molecule has 0 amide bonds. The molecule has 0 spiro atoms. The number of phenolic OH excluding ortho intramolecular Hbond substituents is 1. The van der Waals surface area contributed by atoms with Crippen molar-refractivity contribution in [1.82, 2.24) is 0 Å². The van der Waals surface area contributed by atoms with Crippen LogP contribution in [0, 0.1) is 0 Å². The minimum absolute atomic E-state index is 0.160. The Morgan fingerprint density at radius 3 is 1.94 bits per heavy atom. The van der Waals surface area contributed by atoms with Gasteiger partial charge < -0.3 is 26.8 Å². The smallest absolute Gasteiger partial charge is 0.320 e. The second kappa shape index (κ2) is 8.04. The van der Waals surface area contributed by atoms with E-state index in [0.717, 1.165) is 5.56 Å². The maximum Gasteiger partial charge on any atom is 0.320 e. The molecule has 0 radical (unpaired) electrons. The molecule has 1 aromatic carbocycles. The Morgan fingerprint density at radius 1 is 1.17 bits per heavy atom. The second-order valence-electron chi connectivity index (χ2n) is 3.41. The number of hydrogen-bond acceptors (Lipinski definition) is 5. The van der Waals surface area contributed by atoms with Gasteiger partial charge in [-0.15, -0.1) is 0 Å². The van der Waals surface area contributed by atoms with Crippen LogP contribution in [0.1, 0.15) is 5.56 Å². The average Bonchev–Trinajstić information content (AvgIpc) is 2.32. The molecule has 7 heteroatoms. The maximum atomic E-state index is 10.4. The third-order valence-corrected chi connectivity index (χ3v) is 1.88. The van der Waals surface area contributed by atoms with E-state index in [4.69, 9.17) is 21.1 Å². The van der Waals surface area contributed by atoms with Crippen LogP contribution in [0.15, 0.2) is 24.3 Å². The number of hydrogen-bond donors (Lipinski definition) is 5. The summed E-state index contributed by atoms with van der Waals surface area (Å²) in [6.07, 6.45) is 0.273. The topological polar surface area (TPSA) is 147 Å². The van der Waals surface area contributed by atoms with Crippen LogP contribution in [0.2, 0.25) is 0 Å². The Hall–Kier alpha value is -2.12. The van der Waals surface area contributed by atoms with Crippen LogP contribution in [-0.4, -0.2) is 39.8 Å². The third kappa shape index (κ3) is 7.20. The quantitative estimate of drug-likeness (QED) is 0.482. The van der Waals surface area contributed by atoms with Gasteiger partial charge in [0.25, 0.3) is 0 Å². The zero-order chi connectivity index (χ0) is 14.1. The number of aromatic hydroxyl groups is 1. The van der Waals surface area contributed by atoms with Crippen molar-refractivity contribution in [2.24, 2.45) is 11.5 Å². The molecule has 0 saturated heterocycles. The van der Waals surface area contributed by atoms with Gasteiger partial charge in [-0.3, -0.25) is 9.59 Å². The number of carboxylic acids is 2. The van der Waals surface area contributed by atoms with Gasteiger partial charge in [0, 0.05) is 0 Å². The van der Waals surface area contributed by atoms with E-state index in [2.05, 4.69) is 5.73 Å². The lowest BCUT2D eigenvalue weighted by Gasteiger charge is -2.05. The van der Waals surface area contributed by atoms with Crippen LogP contribution in [-0.2, 0) is 16.0 Å². The Bertz CT molecular complexity index is 391. The monoisotopic (exact) mass is 256 g/mol. The third-order valence-electron chi connectivity index (χ3n) is 1.88. The van der Waals surface area contributed by atoms with Gasteiger partial charge >= 0.3 is 11.9 Å². The van der Waals surface area contributed by atoms with Crippen molar-refractivity contribution in [2.75, 3.05) is 6.54 Å². The molecule has 100 valence electrons.